The van der Waals surface area contributed by atoms with Crippen LogP contribution in [-0.4, -0.2) is 42.3 Å². The van der Waals surface area contributed by atoms with Crippen molar-refractivity contribution in [2.24, 2.45) is 5.41 Å². The highest BCUT2D eigenvalue weighted by molar-refractivity contribution is 6.15. The predicted octanol–water partition coefficient (Wildman–Crippen LogP) is 2.89. The van der Waals surface area contributed by atoms with E-state index >= 15 is 0 Å². The van der Waals surface area contributed by atoms with Crippen LogP contribution in [0.5, 0.6) is 5.75 Å². The molecule has 1 aromatic carbocycles. The SMILES string of the molecule is [C-]#[N+]c1ccc(OC2=CC(=O)N(CCOCCC(=O)C(C)(C)C)C2=O)cc1. The van der Waals surface area contributed by atoms with Crippen LogP contribution < -0.4 is 4.74 Å². The second-order valence-electron chi connectivity index (χ2n) is 7.05. The summed E-state index contributed by atoms with van der Waals surface area (Å²) in [5, 5.41) is 0. The highest BCUT2D eigenvalue weighted by Crippen LogP contribution is 2.22. The van der Waals surface area contributed by atoms with E-state index in [9.17, 15) is 14.4 Å². The van der Waals surface area contributed by atoms with E-state index in [0.717, 1.165) is 11.0 Å². The van der Waals surface area contributed by atoms with Crippen LogP contribution >= 0.6 is 0 Å². The Morgan fingerprint density at radius 2 is 1.81 bits per heavy atom. The Kier molecular flexibility index (Phi) is 6.48. The average molecular weight is 370 g/mol. The summed E-state index contributed by atoms with van der Waals surface area (Å²) >= 11 is 0. The zero-order chi connectivity index (χ0) is 20.0. The molecule has 7 heteroatoms. The predicted molar refractivity (Wildman–Crippen MR) is 98.0 cm³/mol. The molecular weight excluding hydrogens is 348 g/mol. The number of amides is 2. The number of ketones is 1. The first kappa shape index (κ1) is 20.3. The van der Waals surface area contributed by atoms with Crippen molar-refractivity contribution in [3.05, 3.63) is 47.5 Å². The van der Waals surface area contributed by atoms with Crippen molar-refractivity contribution in [1.29, 1.82) is 0 Å². The highest BCUT2D eigenvalue weighted by atomic mass is 16.5. The van der Waals surface area contributed by atoms with E-state index in [1.165, 1.54) is 0 Å². The van der Waals surface area contributed by atoms with Crippen LogP contribution in [0.25, 0.3) is 4.85 Å². The van der Waals surface area contributed by atoms with Gasteiger partial charge in [-0.3, -0.25) is 19.3 Å². The molecule has 0 radical (unpaired) electrons. The summed E-state index contributed by atoms with van der Waals surface area (Å²) in [5.74, 6) is -0.616. The molecule has 0 bridgehead atoms. The van der Waals surface area contributed by atoms with E-state index in [0.29, 0.717) is 17.9 Å². The largest absolute Gasteiger partial charge is 0.451 e. The van der Waals surface area contributed by atoms with Gasteiger partial charge in [-0.1, -0.05) is 32.9 Å². The maximum absolute atomic E-state index is 12.3. The number of carbonyl (C=O) groups is 3. The van der Waals surface area contributed by atoms with Crippen molar-refractivity contribution in [2.45, 2.75) is 27.2 Å². The van der Waals surface area contributed by atoms with Crippen molar-refractivity contribution in [1.82, 2.24) is 4.90 Å². The van der Waals surface area contributed by atoms with Gasteiger partial charge in [-0.2, -0.15) is 0 Å². The molecular formula is C20H22N2O5. The molecule has 0 saturated heterocycles. The molecule has 0 aliphatic carbocycles. The Hall–Kier alpha value is -2.98. The van der Waals surface area contributed by atoms with Gasteiger partial charge < -0.3 is 9.47 Å². The number of Topliss-reactive ketones (excluding diaryl/α,β-unsaturated/α-hetero) is 1. The summed E-state index contributed by atoms with van der Waals surface area (Å²) in [6.45, 7) is 12.9. The van der Waals surface area contributed by atoms with Crippen LogP contribution in [0.15, 0.2) is 36.1 Å². The second kappa shape index (κ2) is 8.60. The third kappa shape index (κ3) is 5.50. The molecule has 142 valence electrons. The number of hydrogen-bond donors (Lipinski definition) is 0. The molecule has 2 amide bonds. The lowest BCUT2D eigenvalue weighted by molar-refractivity contribution is -0.139. The van der Waals surface area contributed by atoms with Crippen molar-refractivity contribution >= 4 is 23.3 Å². The minimum Gasteiger partial charge on any atom is -0.451 e. The fourth-order valence-corrected chi connectivity index (χ4v) is 2.28. The zero-order valence-electron chi connectivity index (χ0n) is 15.7. The monoisotopic (exact) mass is 370 g/mol. The number of rotatable bonds is 8. The summed E-state index contributed by atoms with van der Waals surface area (Å²) in [7, 11) is 0. The van der Waals surface area contributed by atoms with E-state index < -0.39 is 17.2 Å². The van der Waals surface area contributed by atoms with Crippen LogP contribution in [0.4, 0.5) is 5.69 Å². The van der Waals surface area contributed by atoms with Crippen molar-refractivity contribution < 1.29 is 23.9 Å². The van der Waals surface area contributed by atoms with Crippen LogP contribution in [0.3, 0.4) is 0 Å². The van der Waals surface area contributed by atoms with Gasteiger partial charge in [0.15, 0.2) is 11.4 Å². The summed E-state index contributed by atoms with van der Waals surface area (Å²) in [4.78, 5) is 40.4. The maximum Gasteiger partial charge on any atom is 0.296 e. The van der Waals surface area contributed by atoms with E-state index in [-0.39, 0.29) is 31.3 Å². The molecule has 0 saturated carbocycles. The Morgan fingerprint density at radius 1 is 1.15 bits per heavy atom. The molecule has 2 rings (SSSR count). The van der Waals surface area contributed by atoms with Crippen LogP contribution in [0, 0.1) is 12.0 Å². The summed E-state index contributed by atoms with van der Waals surface area (Å²) in [5.41, 5.74) is 0.0433. The first-order chi connectivity index (χ1) is 12.7. The Balaban J connectivity index is 1.80. The van der Waals surface area contributed by atoms with Gasteiger partial charge in [-0.25, -0.2) is 4.85 Å². The summed E-state index contributed by atoms with van der Waals surface area (Å²) in [6.07, 6.45) is 1.42. The number of imide groups is 1. The normalized spacial score (nSPS) is 14.1. The minimum atomic E-state index is -0.538. The molecule has 1 aliphatic rings. The lowest BCUT2D eigenvalue weighted by atomic mass is 9.89. The third-order valence-corrected chi connectivity index (χ3v) is 3.94. The fraction of sp³-hybridized carbons (Fsp3) is 0.400. The molecule has 1 heterocycles. The van der Waals surface area contributed by atoms with Crippen molar-refractivity contribution in [3.63, 3.8) is 0 Å². The average Bonchev–Trinajstić information content (AvgIpc) is 2.88. The standard InChI is InChI=1S/C20H22N2O5/c1-20(2,3)17(23)9-11-26-12-10-22-18(24)13-16(19(22)25)27-15-7-5-14(21-4)6-8-15/h5-8,13H,9-12H2,1-3H3. The maximum atomic E-state index is 12.3. The Morgan fingerprint density at radius 3 is 2.41 bits per heavy atom. The molecule has 27 heavy (non-hydrogen) atoms. The quantitative estimate of drug-likeness (QED) is 0.399. The van der Waals surface area contributed by atoms with E-state index in [2.05, 4.69) is 4.85 Å². The van der Waals surface area contributed by atoms with Crippen molar-refractivity contribution in [2.75, 3.05) is 19.8 Å². The molecule has 0 aromatic heterocycles. The lowest BCUT2D eigenvalue weighted by Crippen LogP contribution is -2.35. The second-order valence-corrected chi connectivity index (χ2v) is 7.05. The van der Waals surface area contributed by atoms with Gasteiger partial charge >= 0.3 is 0 Å². The van der Waals surface area contributed by atoms with Gasteiger partial charge in [0.2, 0.25) is 0 Å². The number of hydrogen-bond acceptors (Lipinski definition) is 5. The van der Waals surface area contributed by atoms with E-state index in [4.69, 9.17) is 16.0 Å². The molecule has 0 unspecified atom stereocenters. The fourth-order valence-electron chi connectivity index (χ4n) is 2.28. The summed E-state index contributed by atoms with van der Waals surface area (Å²) in [6, 6.07) is 6.25. The molecule has 1 aliphatic heterocycles. The third-order valence-electron chi connectivity index (χ3n) is 3.94. The highest BCUT2D eigenvalue weighted by Gasteiger charge is 2.32. The van der Waals surface area contributed by atoms with Gasteiger partial charge in [0, 0.05) is 11.8 Å². The number of carbonyl (C=O) groups excluding carboxylic acids is 3. The van der Waals surface area contributed by atoms with Gasteiger partial charge in [-0.15, -0.1) is 0 Å². The zero-order valence-corrected chi connectivity index (χ0v) is 15.7. The van der Waals surface area contributed by atoms with Gasteiger partial charge in [0.05, 0.1) is 32.4 Å². The van der Waals surface area contributed by atoms with Crippen LogP contribution in [0.2, 0.25) is 0 Å². The smallest absolute Gasteiger partial charge is 0.296 e. The van der Waals surface area contributed by atoms with E-state index in [1.807, 2.05) is 20.8 Å². The van der Waals surface area contributed by atoms with Crippen LogP contribution in [0.1, 0.15) is 27.2 Å². The molecule has 7 nitrogen and oxygen atoms in total. The summed E-state index contributed by atoms with van der Waals surface area (Å²) < 4.78 is 10.8. The molecule has 0 N–H and O–H groups in total. The van der Waals surface area contributed by atoms with Crippen LogP contribution in [-0.2, 0) is 19.1 Å². The minimum absolute atomic E-state index is 0.0709. The molecule has 1 aromatic rings. The molecule has 0 spiro atoms. The molecule has 0 atom stereocenters. The number of nitrogens with zero attached hydrogens (tertiary/aromatic N) is 2. The number of ether oxygens (including phenoxy) is 2. The van der Waals surface area contributed by atoms with E-state index in [1.54, 1.807) is 24.3 Å². The first-order valence-electron chi connectivity index (χ1n) is 8.56. The Bertz CT molecular complexity index is 797. The van der Waals surface area contributed by atoms with Gasteiger partial charge in [0.1, 0.15) is 11.5 Å². The molecule has 0 fully saturated rings. The number of benzene rings is 1. The Labute approximate surface area is 158 Å². The van der Waals surface area contributed by atoms with Crippen molar-refractivity contribution in [3.8, 4) is 5.75 Å². The van der Waals surface area contributed by atoms with Gasteiger partial charge in [0.25, 0.3) is 11.8 Å². The lowest BCUT2D eigenvalue weighted by Gasteiger charge is -2.17. The topological polar surface area (TPSA) is 77.3 Å². The van der Waals surface area contributed by atoms with Gasteiger partial charge in [-0.05, 0) is 12.1 Å². The first-order valence-corrected chi connectivity index (χ1v) is 8.56.